The van der Waals surface area contributed by atoms with Crippen molar-refractivity contribution in [2.24, 2.45) is 0 Å². The molecule has 1 amide bonds. The zero-order chi connectivity index (χ0) is 21.8. The Hall–Kier alpha value is -1.19. The average molecular weight is 474 g/mol. The van der Waals surface area contributed by atoms with Gasteiger partial charge in [-0.25, -0.2) is 8.42 Å². The molecule has 1 aromatic rings. The number of sulfonamides is 1. The van der Waals surface area contributed by atoms with Crippen LogP contribution in [0.5, 0.6) is 0 Å². The van der Waals surface area contributed by atoms with Crippen molar-refractivity contribution in [2.45, 2.75) is 45.6 Å². The molecule has 0 aliphatic carbocycles. The maximum Gasteiger partial charge on any atom is 0.251 e. The van der Waals surface area contributed by atoms with Gasteiger partial charge in [0, 0.05) is 57.0 Å². The monoisotopic (exact) mass is 473 g/mol. The SMILES string of the molecule is CCCS(=O)(=O)N1CCN(C2(CNC(=O)c3c(C)cccc3C)CCOCC2)CC1.Cl. The fourth-order valence-electron chi connectivity index (χ4n) is 4.69. The third kappa shape index (κ3) is 5.99. The summed E-state index contributed by atoms with van der Waals surface area (Å²) in [6.45, 7) is 10.1. The van der Waals surface area contributed by atoms with Gasteiger partial charge in [0.2, 0.25) is 10.0 Å². The van der Waals surface area contributed by atoms with Gasteiger partial charge in [-0.1, -0.05) is 25.1 Å². The molecule has 2 fully saturated rings. The van der Waals surface area contributed by atoms with Gasteiger partial charge < -0.3 is 10.1 Å². The number of aryl methyl sites for hydroxylation is 2. The first-order chi connectivity index (χ1) is 14.3. The number of nitrogens with zero attached hydrogens (tertiary/aromatic N) is 2. The highest BCUT2D eigenvalue weighted by molar-refractivity contribution is 7.89. The van der Waals surface area contributed by atoms with E-state index in [9.17, 15) is 13.2 Å². The lowest BCUT2D eigenvalue weighted by atomic mass is 9.87. The number of ether oxygens (including phenoxy) is 1. The number of benzene rings is 1. The third-order valence-electron chi connectivity index (χ3n) is 6.47. The van der Waals surface area contributed by atoms with Crippen molar-refractivity contribution in [3.8, 4) is 0 Å². The Kier molecular flexibility index (Phi) is 9.33. The van der Waals surface area contributed by atoms with Crippen LogP contribution in [0, 0.1) is 13.8 Å². The first-order valence-electron chi connectivity index (χ1n) is 10.9. The van der Waals surface area contributed by atoms with E-state index in [4.69, 9.17) is 4.74 Å². The molecule has 31 heavy (non-hydrogen) atoms. The molecule has 1 N–H and O–H groups in total. The largest absolute Gasteiger partial charge is 0.381 e. The van der Waals surface area contributed by atoms with Crippen LogP contribution in [-0.2, 0) is 14.8 Å². The van der Waals surface area contributed by atoms with Gasteiger partial charge in [0.15, 0.2) is 0 Å². The summed E-state index contributed by atoms with van der Waals surface area (Å²) < 4.78 is 32.1. The van der Waals surface area contributed by atoms with Crippen molar-refractivity contribution >= 4 is 28.3 Å². The summed E-state index contributed by atoms with van der Waals surface area (Å²) in [4.78, 5) is 15.3. The molecule has 7 nitrogen and oxygen atoms in total. The van der Waals surface area contributed by atoms with Crippen LogP contribution in [0.2, 0.25) is 0 Å². The number of carbonyl (C=O) groups excluding carboxylic acids is 1. The van der Waals surface area contributed by atoms with Crippen LogP contribution in [0.4, 0.5) is 0 Å². The lowest BCUT2D eigenvalue weighted by Crippen LogP contribution is -2.63. The van der Waals surface area contributed by atoms with Gasteiger partial charge in [0.1, 0.15) is 0 Å². The number of carbonyl (C=O) groups is 1. The minimum atomic E-state index is -3.17. The number of hydrogen-bond donors (Lipinski definition) is 1. The molecule has 2 aliphatic heterocycles. The van der Waals surface area contributed by atoms with Crippen LogP contribution >= 0.6 is 12.4 Å². The molecule has 3 rings (SSSR count). The van der Waals surface area contributed by atoms with Gasteiger partial charge in [0.05, 0.1) is 5.75 Å². The molecule has 0 atom stereocenters. The molecule has 2 heterocycles. The minimum absolute atomic E-state index is 0. The summed E-state index contributed by atoms with van der Waals surface area (Å²) >= 11 is 0. The van der Waals surface area contributed by atoms with Gasteiger partial charge in [0.25, 0.3) is 5.91 Å². The summed E-state index contributed by atoms with van der Waals surface area (Å²) in [5.41, 5.74) is 2.51. The number of rotatable bonds is 7. The second-order valence-corrected chi connectivity index (χ2v) is 10.6. The molecule has 0 unspecified atom stereocenters. The van der Waals surface area contributed by atoms with Gasteiger partial charge in [-0.2, -0.15) is 4.31 Å². The molecule has 9 heteroatoms. The lowest BCUT2D eigenvalue weighted by Gasteiger charge is -2.49. The molecule has 2 aliphatic rings. The Bertz CT molecular complexity index is 828. The van der Waals surface area contributed by atoms with Crippen LogP contribution in [-0.4, -0.2) is 80.8 Å². The van der Waals surface area contributed by atoms with E-state index in [1.165, 1.54) is 0 Å². The van der Waals surface area contributed by atoms with Gasteiger partial charge in [-0.15, -0.1) is 12.4 Å². The predicted octanol–water partition coefficient (Wildman–Crippen LogP) is 2.36. The average Bonchev–Trinajstić information content (AvgIpc) is 2.73. The molecule has 0 aromatic heterocycles. The second kappa shape index (κ2) is 11.1. The van der Waals surface area contributed by atoms with Crippen molar-refractivity contribution in [1.82, 2.24) is 14.5 Å². The topological polar surface area (TPSA) is 79.0 Å². The van der Waals surface area contributed by atoms with Crippen molar-refractivity contribution in [3.05, 3.63) is 34.9 Å². The van der Waals surface area contributed by atoms with E-state index in [0.29, 0.717) is 52.4 Å². The molecule has 0 radical (unpaired) electrons. The highest BCUT2D eigenvalue weighted by Gasteiger charge is 2.41. The first kappa shape index (κ1) is 26.1. The van der Waals surface area contributed by atoms with E-state index in [1.54, 1.807) is 4.31 Å². The van der Waals surface area contributed by atoms with E-state index >= 15 is 0 Å². The van der Waals surface area contributed by atoms with Crippen molar-refractivity contribution in [3.63, 3.8) is 0 Å². The summed E-state index contributed by atoms with van der Waals surface area (Å²) in [5, 5.41) is 3.18. The van der Waals surface area contributed by atoms with E-state index in [1.807, 2.05) is 39.0 Å². The Balaban J connectivity index is 0.00000341. The normalized spacial score (nSPS) is 20.1. The molecular formula is C22H36ClN3O4S. The summed E-state index contributed by atoms with van der Waals surface area (Å²) in [7, 11) is -3.17. The first-order valence-corrected chi connectivity index (χ1v) is 12.5. The second-order valence-electron chi connectivity index (χ2n) is 8.49. The predicted molar refractivity (Wildman–Crippen MR) is 126 cm³/mol. The molecule has 1 aromatic carbocycles. The van der Waals surface area contributed by atoms with Gasteiger partial charge in [-0.3, -0.25) is 9.69 Å². The summed E-state index contributed by atoms with van der Waals surface area (Å²) in [6, 6.07) is 5.89. The highest BCUT2D eigenvalue weighted by Crippen LogP contribution is 2.29. The number of piperazine rings is 1. The molecule has 0 spiro atoms. The maximum atomic E-state index is 13.0. The molecule has 0 bridgehead atoms. The van der Waals surface area contributed by atoms with Gasteiger partial charge >= 0.3 is 0 Å². The highest BCUT2D eigenvalue weighted by atomic mass is 35.5. The van der Waals surface area contributed by atoms with Crippen LogP contribution in [0.1, 0.15) is 47.7 Å². The minimum Gasteiger partial charge on any atom is -0.381 e. The Morgan fingerprint density at radius 2 is 1.68 bits per heavy atom. The standard InChI is InChI=1S/C22H35N3O4S.ClH/c1-4-16-30(27,28)25-12-10-24(11-13-25)22(8-14-29-15-9-22)17-23-21(26)20-18(2)6-5-7-19(20)3;/h5-7H,4,8-17H2,1-3H3,(H,23,26);1H. The van der Waals surface area contributed by atoms with Crippen LogP contribution in [0.25, 0.3) is 0 Å². The number of amides is 1. The smallest absolute Gasteiger partial charge is 0.251 e. The van der Waals surface area contributed by atoms with Gasteiger partial charge in [-0.05, 0) is 44.2 Å². The van der Waals surface area contributed by atoms with E-state index in [2.05, 4.69) is 10.2 Å². The molecular weight excluding hydrogens is 438 g/mol. The Labute approximate surface area is 193 Å². The molecule has 0 saturated carbocycles. The van der Waals surface area contributed by atoms with Crippen LogP contribution in [0.15, 0.2) is 18.2 Å². The number of nitrogens with one attached hydrogen (secondary N) is 1. The van der Waals surface area contributed by atoms with Crippen LogP contribution in [0.3, 0.4) is 0 Å². The Morgan fingerprint density at radius 1 is 1.10 bits per heavy atom. The van der Waals surface area contributed by atoms with E-state index < -0.39 is 10.0 Å². The van der Waals surface area contributed by atoms with E-state index in [0.717, 1.165) is 29.5 Å². The summed E-state index contributed by atoms with van der Waals surface area (Å²) in [5.74, 6) is 0.165. The Morgan fingerprint density at radius 3 is 2.23 bits per heavy atom. The van der Waals surface area contributed by atoms with E-state index in [-0.39, 0.29) is 29.6 Å². The third-order valence-corrected chi connectivity index (χ3v) is 8.55. The quantitative estimate of drug-likeness (QED) is 0.657. The molecule has 2 saturated heterocycles. The van der Waals surface area contributed by atoms with Crippen LogP contribution < -0.4 is 5.32 Å². The zero-order valence-corrected chi connectivity index (χ0v) is 20.5. The van der Waals surface area contributed by atoms with Crippen molar-refractivity contribution < 1.29 is 17.9 Å². The van der Waals surface area contributed by atoms with Crippen molar-refractivity contribution in [1.29, 1.82) is 0 Å². The maximum absolute atomic E-state index is 13.0. The number of hydrogen-bond acceptors (Lipinski definition) is 5. The zero-order valence-electron chi connectivity index (χ0n) is 18.9. The number of halogens is 1. The fourth-order valence-corrected chi connectivity index (χ4v) is 6.18. The fraction of sp³-hybridized carbons (Fsp3) is 0.682. The molecule has 176 valence electrons. The van der Waals surface area contributed by atoms with Crippen molar-refractivity contribution in [2.75, 3.05) is 51.7 Å². The lowest BCUT2D eigenvalue weighted by molar-refractivity contribution is -0.0385. The summed E-state index contributed by atoms with van der Waals surface area (Å²) in [6.07, 6.45) is 2.30.